The topological polar surface area (TPSA) is 52.7 Å². The van der Waals surface area contributed by atoms with Gasteiger partial charge in [0.15, 0.2) is 0 Å². The zero-order valence-corrected chi connectivity index (χ0v) is 13.0. The summed E-state index contributed by atoms with van der Waals surface area (Å²) in [5.74, 6) is 0.739. The van der Waals surface area contributed by atoms with Gasteiger partial charge in [-0.3, -0.25) is 9.59 Å². The second kappa shape index (κ2) is 6.34. The molecule has 3 aliphatic rings. The minimum atomic E-state index is 0.105. The van der Waals surface area contributed by atoms with Crippen molar-refractivity contribution in [2.24, 2.45) is 5.92 Å². The Bertz CT molecular complexity index is 394. The molecule has 2 amide bonds. The summed E-state index contributed by atoms with van der Waals surface area (Å²) in [6, 6.07) is 1.25. The zero-order chi connectivity index (χ0) is 14.8. The van der Waals surface area contributed by atoms with Crippen LogP contribution >= 0.6 is 0 Å². The molecular weight excluding hydrogens is 266 g/mol. The van der Waals surface area contributed by atoms with Crippen molar-refractivity contribution in [3.63, 3.8) is 0 Å². The van der Waals surface area contributed by atoms with Crippen molar-refractivity contribution < 1.29 is 9.59 Å². The van der Waals surface area contributed by atoms with Crippen LogP contribution in [0.5, 0.6) is 0 Å². The summed E-state index contributed by atoms with van der Waals surface area (Å²) in [6.07, 6.45) is 7.57. The van der Waals surface area contributed by atoms with Gasteiger partial charge in [0.25, 0.3) is 0 Å². The van der Waals surface area contributed by atoms with Gasteiger partial charge in [0.1, 0.15) is 0 Å². The van der Waals surface area contributed by atoms with Crippen LogP contribution in [0.4, 0.5) is 0 Å². The number of carbonyl (C=O) groups is 2. The zero-order valence-electron chi connectivity index (χ0n) is 13.0. The van der Waals surface area contributed by atoms with E-state index in [0.29, 0.717) is 24.4 Å². The molecule has 0 aromatic heterocycles. The average molecular weight is 293 g/mol. The van der Waals surface area contributed by atoms with E-state index < -0.39 is 0 Å². The number of piperidine rings is 1. The van der Waals surface area contributed by atoms with Gasteiger partial charge < -0.3 is 15.1 Å². The van der Waals surface area contributed by atoms with E-state index in [1.54, 1.807) is 11.9 Å². The van der Waals surface area contributed by atoms with Crippen molar-refractivity contribution in [2.75, 3.05) is 26.7 Å². The van der Waals surface area contributed by atoms with Crippen molar-refractivity contribution in [1.29, 1.82) is 0 Å². The van der Waals surface area contributed by atoms with Gasteiger partial charge in [-0.05, 0) is 44.4 Å². The molecule has 21 heavy (non-hydrogen) atoms. The number of carbonyl (C=O) groups excluding carboxylic acids is 2. The molecule has 0 saturated carbocycles. The van der Waals surface area contributed by atoms with Gasteiger partial charge >= 0.3 is 0 Å². The van der Waals surface area contributed by atoms with E-state index in [2.05, 4.69) is 5.32 Å². The Hall–Kier alpha value is -1.10. The number of rotatable bonds is 4. The first-order chi connectivity index (χ1) is 10.1. The largest absolute Gasteiger partial charge is 0.341 e. The minimum absolute atomic E-state index is 0.105. The smallest absolute Gasteiger partial charge is 0.242 e. The molecule has 3 rings (SSSR count). The maximum Gasteiger partial charge on any atom is 0.242 e. The number of fused-ring (bicyclic) bond motifs is 2. The van der Waals surface area contributed by atoms with Crippen LogP contribution in [-0.4, -0.2) is 60.4 Å². The van der Waals surface area contributed by atoms with E-state index in [4.69, 9.17) is 0 Å². The van der Waals surface area contributed by atoms with Gasteiger partial charge in [-0.1, -0.05) is 0 Å². The minimum Gasteiger partial charge on any atom is -0.341 e. The van der Waals surface area contributed by atoms with Gasteiger partial charge in [-0.15, -0.1) is 0 Å². The summed E-state index contributed by atoms with van der Waals surface area (Å²) in [5, 5.41) is 3.61. The predicted octanol–water partition coefficient (Wildman–Crippen LogP) is 0.988. The fraction of sp³-hybridized carbons (Fsp3) is 0.875. The third-order valence-corrected chi connectivity index (χ3v) is 5.29. The van der Waals surface area contributed by atoms with Crippen LogP contribution in [0.3, 0.4) is 0 Å². The number of nitrogens with zero attached hydrogens (tertiary/aromatic N) is 2. The lowest BCUT2D eigenvalue weighted by Gasteiger charge is -2.30. The Morgan fingerprint density at radius 1 is 1.14 bits per heavy atom. The van der Waals surface area contributed by atoms with E-state index in [0.717, 1.165) is 38.8 Å². The molecule has 0 aromatic carbocycles. The number of nitrogens with one attached hydrogen (secondary N) is 1. The molecule has 0 radical (unpaired) electrons. The first-order valence-corrected chi connectivity index (χ1v) is 8.39. The third kappa shape index (κ3) is 3.57. The molecule has 3 fully saturated rings. The molecule has 0 spiro atoms. The molecule has 5 nitrogen and oxygen atoms in total. The van der Waals surface area contributed by atoms with E-state index in [1.165, 1.54) is 12.8 Å². The predicted molar refractivity (Wildman–Crippen MR) is 80.7 cm³/mol. The summed E-state index contributed by atoms with van der Waals surface area (Å²) in [6.45, 7) is 1.97. The highest BCUT2D eigenvalue weighted by atomic mass is 16.2. The lowest BCUT2D eigenvalue weighted by atomic mass is 9.89. The van der Waals surface area contributed by atoms with Crippen molar-refractivity contribution in [2.45, 2.75) is 57.0 Å². The van der Waals surface area contributed by atoms with Crippen LogP contribution in [0.2, 0.25) is 0 Å². The third-order valence-electron chi connectivity index (χ3n) is 5.29. The molecule has 0 aromatic rings. The first kappa shape index (κ1) is 14.8. The Kier molecular flexibility index (Phi) is 4.48. The number of amides is 2. The van der Waals surface area contributed by atoms with E-state index in [9.17, 15) is 9.59 Å². The molecule has 0 aliphatic carbocycles. The summed E-state index contributed by atoms with van der Waals surface area (Å²) in [7, 11) is 1.77. The molecular formula is C16H27N3O2. The summed E-state index contributed by atoms with van der Waals surface area (Å²) < 4.78 is 0. The highest BCUT2D eigenvalue weighted by molar-refractivity contribution is 5.84. The SMILES string of the molecule is CN(CC(=O)N1CCCC1)C(=O)CC1CC2CCC(C1)N2. The van der Waals surface area contributed by atoms with Crippen LogP contribution in [0.15, 0.2) is 0 Å². The Labute approximate surface area is 127 Å². The molecule has 3 aliphatic heterocycles. The molecule has 2 unspecified atom stereocenters. The van der Waals surface area contributed by atoms with Gasteiger partial charge in [-0.2, -0.15) is 0 Å². The first-order valence-electron chi connectivity index (χ1n) is 8.39. The Morgan fingerprint density at radius 3 is 2.38 bits per heavy atom. The van der Waals surface area contributed by atoms with E-state index in [-0.39, 0.29) is 18.4 Å². The molecule has 5 heteroatoms. The molecule has 118 valence electrons. The second-order valence-electron chi connectivity index (χ2n) is 7.02. The van der Waals surface area contributed by atoms with Gasteiger partial charge in [0.2, 0.25) is 11.8 Å². The molecule has 2 bridgehead atoms. The van der Waals surface area contributed by atoms with Crippen LogP contribution in [-0.2, 0) is 9.59 Å². The lowest BCUT2D eigenvalue weighted by molar-refractivity contribution is -0.139. The van der Waals surface area contributed by atoms with Crippen molar-refractivity contribution >= 4 is 11.8 Å². The fourth-order valence-corrected chi connectivity index (χ4v) is 4.10. The molecule has 3 saturated heterocycles. The number of hydrogen-bond donors (Lipinski definition) is 1. The Balaban J connectivity index is 1.45. The standard InChI is InChI=1S/C16H27N3O2/c1-18(11-16(21)19-6-2-3-7-19)15(20)10-12-8-13-4-5-14(9-12)17-13/h12-14,17H,2-11H2,1H3. The maximum atomic E-state index is 12.3. The van der Waals surface area contributed by atoms with Crippen LogP contribution < -0.4 is 5.32 Å². The van der Waals surface area contributed by atoms with Gasteiger partial charge in [-0.25, -0.2) is 0 Å². The number of likely N-dealkylation sites (tertiary alicyclic amines) is 1. The summed E-state index contributed by atoms with van der Waals surface area (Å²) in [4.78, 5) is 27.9. The Morgan fingerprint density at radius 2 is 1.76 bits per heavy atom. The number of hydrogen-bond acceptors (Lipinski definition) is 3. The van der Waals surface area contributed by atoms with Crippen LogP contribution in [0, 0.1) is 5.92 Å². The van der Waals surface area contributed by atoms with Crippen LogP contribution in [0.1, 0.15) is 44.9 Å². The van der Waals surface area contributed by atoms with Crippen molar-refractivity contribution in [1.82, 2.24) is 15.1 Å². The normalized spacial score (nSPS) is 31.5. The monoisotopic (exact) mass is 293 g/mol. The van der Waals surface area contributed by atoms with Crippen LogP contribution in [0.25, 0.3) is 0 Å². The summed E-state index contributed by atoms with van der Waals surface area (Å²) in [5.41, 5.74) is 0. The van der Waals surface area contributed by atoms with E-state index in [1.807, 2.05) is 4.90 Å². The fourth-order valence-electron chi connectivity index (χ4n) is 4.10. The summed E-state index contributed by atoms with van der Waals surface area (Å²) >= 11 is 0. The quantitative estimate of drug-likeness (QED) is 0.841. The maximum absolute atomic E-state index is 12.3. The molecule has 1 N–H and O–H groups in total. The molecule has 2 atom stereocenters. The highest BCUT2D eigenvalue weighted by Crippen LogP contribution is 2.32. The van der Waals surface area contributed by atoms with Crippen molar-refractivity contribution in [3.05, 3.63) is 0 Å². The van der Waals surface area contributed by atoms with Gasteiger partial charge in [0, 0.05) is 38.6 Å². The van der Waals surface area contributed by atoms with E-state index >= 15 is 0 Å². The van der Waals surface area contributed by atoms with Gasteiger partial charge in [0.05, 0.1) is 6.54 Å². The highest BCUT2D eigenvalue weighted by Gasteiger charge is 2.34. The second-order valence-corrected chi connectivity index (χ2v) is 7.02. The lowest BCUT2D eigenvalue weighted by Crippen LogP contribution is -2.42. The average Bonchev–Trinajstić information content (AvgIpc) is 3.08. The van der Waals surface area contributed by atoms with Crippen molar-refractivity contribution in [3.8, 4) is 0 Å². The molecule has 3 heterocycles. The number of likely N-dealkylation sites (N-methyl/N-ethyl adjacent to an activating group) is 1.